The van der Waals surface area contributed by atoms with Gasteiger partial charge in [0, 0.05) is 35.9 Å². The quantitative estimate of drug-likeness (QED) is 0.415. The molecule has 0 saturated heterocycles. The molecule has 4 rings (SSSR count). The van der Waals surface area contributed by atoms with Crippen LogP contribution in [0.15, 0.2) is 67.3 Å². The summed E-state index contributed by atoms with van der Waals surface area (Å²) in [4.78, 5) is 29.0. The predicted octanol–water partition coefficient (Wildman–Crippen LogP) is 4.64. The lowest BCUT2D eigenvalue weighted by Gasteiger charge is -2.12. The molecular weight excluding hydrogens is 412 g/mol. The SMILES string of the molecule is CCOC(=O)c1cc2cc(NC(=O)NCc3ccccc3Cn3ccnc3)ccc2s1. The molecule has 0 aliphatic heterocycles. The molecule has 0 spiro atoms. The van der Waals surface area contributed by atoms with Crippen molar-refractivity contribution >= 4 is 39.1 Å². The summed E-state index contributed by atoms with van der Waals surface area (Å²) in [6.07, 6.45) is 5.42. The number of carbonyl (C=O) groups excluding carboxylic acids is 2. The van der Waals surface area contributed by atoms with Gasteiger partial charge in [-0.2, -0.15) is 0 Å². The first kappa shape index (κ1) is 20.6. The van der Waals surface area contributed by atoms with Gasteiger partial charge in [-0.25, -0.2) is 14.6 Å². The lowest BCUT2D eigenvalue weighted by atomic mass is 10.1. The maximum Gasteiger partial charge on any atom is 0.348 e. The molecule has 0 unspecified atom stereocenters. The van der Waals surface area contributed by atoms with Crippen LogP contribution in [0.25, 0.3) is 10.1 Å². The number of aromatic nitrogens is 2. The molecule has 0 aliphatic rings. The van der Waals surface area contributed by atoms with E-state index in [1.807, 2.05) is 53.2 Å². The molecule has 0 atom stereocenters. The molecule has 0 radical (unpaired) electrons. The fraction of sp³-hybridized carbons (Fsp3) is 0.174. The smallest absolute Gasteiger partial charge is 0.348 e. The van der Waals surface area contributed by atoms with Gasteiger partial charge >= 0.3 is 12.0 Å². The fourth-order valence-corrected chi connectivity index (χ4v) is 4.17. The number of thiophene rings is 1. The molecule has 0 fully saturated rings. The van der Waals surface area contributed by atoms with Gasteiger partial charge in [0.1, 0.15) is 4.88 Å². The van der Waals surface area contributed by atoms with Gasteiger partial charge in [0.2, 0.25) is 0 Å². The molecule has 158 valence electrons. The molecule has 2 amide bonds. The third-order valence-corrected chi connectivity index (χ3v) is 5.82. The maximum absolute atomic E-state index is 12.4. The van der Waals surface area contributed by atoms with Crippen molar-refractivity contribution in [3.05, 3.63) is 83.3 Å². The van der Waals surface area contributed by atoms with E-state index < -0.39 is 0 Å². The Morgan fingerprint density at radius 3 is 2.74 bits per heavy atom. The topological polar surface area (TPSA) is 85.2 Å². The minimum Gasteiger partial charge on any atom is -0.462 e. The Morgan fingerprint density at radius 1 is 1.13 bits per heavy atom. The summed E-state index contributed by atoms with van der Waals surface area (Å²) in [5, 5.41) is 6.65. The number of hydrogen-bond donors (Lipinski definition) is 2. The van der Waals surface area contributed by atoms with Crippen LogP contribution in [0.5, 0.6) is 0 Å². The zero-order valence-electron chi connectivity index (χ0n) is 17.0. The lowest BCUT2D eigenvalue weighted by Crippen LogP contribution is -2.28. The summed E-state index contributed by atoms with van der Waals surface area (Å²) < 4.78 is 8.00. The zero-order valence-corrected chi connectivity index (χ0v) is 17.8. The molecule has 8 heteroatoms. The Balaban J connectivity index is 1.39. The molecule has 2 aromatic carbocycles. The van der Waals surface area contributed by atoms with E-state index >= 15 is 0 Å². The number of esters is 1. The summed E-state index contributed by atoms with van der Waals surface area (Å²) in [5.74, 6) is -0.328. The van der Waals surface area contributed by atoms with Crippen LogP contribution in [0.2, 0.25) is 0 Å². The van der Waals surface area contributed by atoms with Gasteiger partial charge in [0.05, 0.1) is 12.9 Å². The Morgan fingerprint density at radius 2 is 1.97 bits per heavy atom. The number of benzene rings is 2. The number of nitrogens with one attached hydrogen (secondary N) is 2. The highest BCUT2D eigenvalue weighted by Gasteiger charge is 2.12. The molecule has 2 aromatic heterocycles. The molecular formula is C23H22N4O3S. The summed E-state index contributed by atoms with van der Waals surface area (Å²) in [5.41, 5.74) is 2.82. The molecule has 2 heterocycles. The summed E-state index contributed by atoms with van der Waals surface area (Å²) in [6, 6.07) is 15.0. The lowest BCUT2D eigenvalue weighted by molar-refractivity contribution is 0.0532. The largest absolute Gasteiger partial charge is 0.462 e. The summed E-state index contributed by atoms with van der Waals surface area (Å²) in [7, 11) is 0. The van der Waals surface area contributed by atoms with E-state index in [1.165, 1.54) is 11.3 Å². The number of fused-ring (bicyclic) bond motifs is 1. The minimum absolute atomic E-state index is 0.294. The van der Waals surface area contributed by atoms with Gasteiger partial charge in [-0.05, 0) is 47.7 Å². The molecule has 7 nitrogen and oxygen atoms in total. The van der Waals surface area contributed by atoms with Crippen molar-refractivity contribution in [2.75, 3.05) is 11.9 Å². The second-order valence-corrected chi connectivity index (χ2v) is 7.98. The summed E-state index contributed by atoms with van der Waals surface area (Å²) >= 11 is 1.37. The van der Waals surface area contributed by atoms with Gasteiger partial charge in [0.25, 0.3) is 0 Å². The summed E-state index contributed by atoms with van der Waals surface area (Å²) in [6.45, 7) is 3.22. The number of imidazole rings is 1. The van der Waals surface area contributed by atoms with Gasteiger partial charge in [-0.3, -0.25) is 0 Å². The third kappa shape index (κ3) is 5.10. The van der Waals surface area contributed by atoms with E-state index in [0.717, 1.165) is 21.2 Å². The average molecular weight is 435 g/mol. The number of amides is 2. The van der Waals surface area contributed by atoms with Crippen LogP contribution in [0.3, 0.4) is 0 Å². The van der Waals surface area contributed by atoms with Gasteiger partial charge < -0.3 is 19.9 Å². The monoisotopic (exact) mass is 434 g/mol. The molecule has 0 bridgehead atoms. The number of rotatable bonds is 7. The van der Waals surface area contributed by atoms with Crippen molar-refractivity contribution < 1.29 is 14.3 Å². The molecule has 0 aliphatic carbocycles. The first-order valence-electron chi connectivity index (χ1n) is 9.90. The Labute approximate surface area is 183 Å². The highest BCUT2D eigenvalue weighted by Crippen LogP contribution is 2.28. The van der Waals surface area contributed by atoms with Crippen molar-refractivity contribution in [3.8, 4) is 0 Å². The number of carbonyl (C=O) groups is 2. The van der Waals surface area contributed by atoms with Gasteiger partial charge in [0.15, 0.2) is 0 Å². The van der Waals surface area contributed by atoms with Crippen LogP contribution in [0, 0.1) is 0 Å². The molecule has 31 heavy (non-hydrogen) atoms. The van der Waals surface area contributed by atoms with E-state index in [2.05, 4.69) is 15.6 Å². The molecule has 0 saturated carbocycles. The number of nitrogens with zero attached hydrogens (tertiary/aromatic N) is 2. The maximum atomic E-state index is 12.4. The number of ether oxygens (including phenoxy) is 1. The Hall–Kier alpha value is -3.65. The van der Waals surface area contributed by atoms with Crippen LogP contribution in [-0.4, -0.2) is 28.2 Å². The van der Waals surface area contributed by atoms with Crippen LogP contribution in [-0.2, 0) is 17.8 Å². The number of anilines is 1. The van der Waals surface area contributed by atoms with Crippen LogP contribution >= 0.6 is 11.3 Å². The van der Waals surface area contributed by atoms with Crippen molar-refractivity contribution in [1.82, 2.24) is 14.9 Å². The fourth-order valence-electron chi connectivity index (χ4n) is 3.24. The van der Waals surface area contributed by atoms with Crippen molar-refractivity contribution in [3.63, 3.8) is 0 Å². The third-order valence-electron chi connectivity index (χ3n) is 4.72. The highest BCUT2D eigenvalue weighted by atomic mass is 32.1. The standard InChI is InChI=1S/C23H22N4O3S/c1-2-30-22(28)21-12-18-11-19(7-8-20(18)31-21)26-23(29)25-13-16-5-3-4-6-17(16)14-27-10-9-24-15-27/h3-12,15H,2,13-14H2,1H3,(H2,25,26,29). The van der Waals surface area contributed by atoms with E-state index in [4.69, 9.17) is 4.74 Å². The van der Waals surface area contributed by atoms with E-state index in [1.54, 1.807) is 25.5 Å². The number of hydrogen-bond acceptors (Lipinski definition) is 5. The predicted molar refractivity (Wildman–Crippen MR) is 121 cm³/mol. The van der Waals surface area contributed by atoms with Gasteiger partial charge in [-0.15, -0.1) is 11.3 Å². The first-order valence-corrected chi connectivity index (χ1v) is 10.7. The minimum atomic E-state index is -0.328. The normalized spacial score (nSPS) is 10.7. The van der Waals surface area contributed by atoms with Crippen molar-refractivity contribution in [2.45, 2.75) is 20.0 Å². The molecule has 4 aromatic rings. The average Bonchev–Trinajstić information content (AvgIpc) is 3.43. The van der Waals surface area contributed by atoms with Crippen molar-refractivity contribution in [1.29, 1.82) is 0 Å². The van der Waals surface area contributed by atoms with E-state index in [0.29, 0.717) is 30.3 Å². The Bertz CT molecular complexity index is 1200. The zero-order chi connectivity index (χ0) is 21.6. The van der Waals surface area contributed by atoms with E-state index in [-0.39, 0.29) is 12.0 Å². The first-order chi connectivity index (χ1) is 15.1. The molecule has 2 N–H and O–H groups in total. The van der Waals surface area contributed by atoms with Gasteiger partial charge in [-0.1, -0.05) is 24.3 Å². The van der Waals surface area contributed by atoms with Crippen LogP contribution in [0.1, 0.15) is 27.7 Å². The van der Waals surface area contributed by atoms with E-state index in [9.17, 15) is 9.59 Å². The second-order valence-electron chi connectivity index (χ2n) is 6.90. The highest BCUT2D eigenvalue weighted by molar-refractivity contribution is 7.20. The van der Waals surface area contributed by atoms with Crippen LogP contribution < -0.4 is 10.6 Å². The second kappa shape index (κ2) is 9.44. The van der Waals surface area contributed by atoms with Crippen LogP contribution in [0.4, 0.5) is 10.5 Å². The number of urea groups is 1. The Kier molecular flexibility index (Phi) is 6.28. The van der Waals surface area contributed by atoms with Crippen molar-refractivity contribution in [2.24, 2.45) is 0 Å².